The highest BCUT2D eigenvalue weighted by molar-refractivity contribution is 5.85. The lowest BCUT2D eigenvalue weighted by Crippen LogP contribution is -2.50. The van der Waals surface area contributed by atoms with Gasteiger partial charge in [0.2, 0.25) is 0 Å². The number of H-pyrrole nitrogens is 1. The number of alkyl halides is 3. The van der Waals surface area contributed by atoms with E-state index < -0.39 is 30.0 Å². The number of ether oxygens (including phenoxy) is 1. The Balaban J connectivity index is 1.98. The van der Waals surface area contributed by atoms with Gasteiger partial charge in [-0.05, 0) is 60.2 Å². The van der Waals surface area contributed by atoms with E-state index in [0.29, 0.717) is 22.4 Å². The van der Waals surface area contributed by atoms with Crippen molar-refractivity contribution in [3.05, 3.63) is 64.8 Å². The zero-order valence-corrected chi connectivity index (χ0v) is 17.9. The number of aromatic amines is 1. The Labute approximate surface area is 179 Å². The van der Waals surface area contributed by atoms with Gasteiger partial charge in [-0.3, -0.25) is 0 Å². The molecule has 0 radical (unpaired) electrons. The highest BCUT2D eigenvalue weighted by Crippen LogP contribution is 2.43. The van der Waals surface area contributed by atoms with Gasteiger partial charge in [-0.15, -0.1) is 0 Å². The third-order valence-corrected chi connectivity index (χ3v) is 5.73. The topological polar surface area (TPSA) is 69.0 Å². The summed E-state index contributed by atoms with van der Waals surface area (Å²) in [5, 5.41) is 20.8. The van der Waals surface area contributed by atoms with Crippen molar-refractivity contribution in [1.29, 1.82) is 5.26 Å². The van der Waals surface area contributed by atoms with Crippen molar-refractivity contribution in [2.75, 3.05) is 7.11 Å². The van der Waals surface area contributed by atoms with Crippen molar-refractivity contribution in [2.45, 2.75) is 50.8 Å². The van der Waals surface area contributed by atoms with Gasteiger partial charge in [-0.25, -0.2) is 0 Å². The number of aromatic nitrogens is 1. The maximum atomic E-state index is 14.1. The van der Waals surface area contributed by atoms with E-state index in [1.807, 2.05) is 6.07 Å². The van der Waals surface area contributed by atoms with Crippen LogP contribution in [0.2, 0.25) is 0 Å². The van der Waals surface area contributed by atoms with Crippen molar-refractivity contribution >= 4 is 10.9 Å². The summed E-state index contributed by atoms with van der Waals surface area (Å²) in [6.07, 6.45) is -6.00. The van der Waals surface area contributed by atoms with Crippen molar-refractivity contribution < 1.29 is 23.0 Å². The first-order chi connectivity index (χ1) is 14.4. The number of rotatable bonds is 6. The predicted octanol–water partition coefficient (Wildman–Crippen LogP) is 5.56. The Morgan fingerprint density at radius 3 is 2.45 bits per heavy atom. The molecule has 3 rings (SSSR count). The standard InChI is InChI=1S/C24H25F3N2O2/c1-15-8-16(13-28)9-21-20(15)11-18(29-21)12-23(30,24(25,26)27)14-22(2,3)17-6-5-7-19(10-17)31-4/h5-11,29-30H,12,14H2,1-4H3. The summed E-state index contributed by atoms with van der Waals surface area (Å²) in [6.45, 7) is 5.14. The molecular weight excluding hydrogens is 405 g/mol. The normalized spacial score (nSPS) is 14.3. The van der Waals surface area contributed by atoms with Crippen LogP contribution in [0, 0.1) is 18.3 Å². The number of hydrogen-bond donors (Lipinski definition) is 2. The first-order valence-corrected chi connectivity index (χ1v) is 9.84. The quantitative estimate of drug-likeness (QED) is 0.538. The molecule has 1 unspecified atom stereocenters. The molecule has 1 atom stereocenters. The maximum absolute atomic E-state index is 14.1. The molecule has 0 saturated heterocycles. The number of fused-ring (bicyclic) bond motifs is 1. The second-order valence-corrected chi connectivity index (χ2v) is 8.66. The van der Waals surface area contributed by atoms with Crippen LogP contribution in [-0.2, 0) is 11.8 Å². The van der Waals surface area contributed by atoms with E-state index in [1.165, 1.54) is 7.11 Å². The van der Waals surface area contributed by atoms with E-state index in [1.54, 1.807) is 63.2 Å². The summed E-state index contributed by atoms with van der Waals surface area (Å²) < 4.78 is 47.5. The molecule has 3 aromatic rings. The van der Waals surface area contributed by atoms with Crippen LogP contribution < -0.4 is 4.74 Å². The highest BCUT2D eigenvalue weighted by atomic mass is 19.4. The number of nitrogens with zero attached hydrogens (tertiary/aromatic N) is 1. The maximum Gasteiger partial charge on any atom is 0.417 e. The number of aliphatic hydroxyl groups is 1. The van der Waals surface area contributed by atoms with Crippen molar-refractivity contribution in [1.82, 2.24) is 4.98 Å². The predicted molar refractivity (Wildman–Crippen MR) is 113 cm³/mol. The number of methoxy groups -OCH3 is 1. The van der Waals surface area contributed by atoms with Gasteiger partial charge in [-0.2, -0.15) is 18.4 Å². The molecule has 0 bridgehead atoms. The smallest absolute Gasteiger partial charge is 0.417 e. The van der Waals surface area contributed by atoms with Crippen LogP contribution in [0.25, 0.3) is 10.9 Å². The molecule has 0 amide bonds. The molecule has 4 nitrogen and oxygen atoms in total. The van der Waals surface area contributed by atoms with E-state index >= 15 is 0 Å². The minimum atomic E-state index is -4.84. The van der Waals surface area contributed by atoms with Gasteiger partial charge in [0.1, 0.15) is 5.75 Å². The van der Waals surface area contributed by atoms with Crippen LogP contribution in [0.15, 0.2) is 42.5 Å². The molecule has 2 N–H and O–H groups in total. The van der Waals surface area contributed by atoms with Crippen molar-refractivity contribution in [3.63, 3.8) is 0 Å². The second kappa shape index (κ2) is 7.93. The SMILES string of the molecule is COc1cccc(C(C)(C)CC(O)(Cc2cc3c(C)cc(C#N)cc3[nH]2)C(F)(F)F)c1. The van der Waals surface area contributed by atoms with Gasteiger partial charge >= 0.3 is 6.18 Å². The molecule has 7 heteroatoms. The molecule has 0 aliphatic rings. The third-order valence-electron chi connectivity index (χ3n) is 5.73. The van der Waals surface area contributed by atoms with E-state index in [-0.39, 0.29) is 5.69 Å². The Morgan fingerprint density at radius 1 is 1.13 bits per heavy atom. The second-order valence-electron chi connectivity index (χ2n) is 8.66. The lowest BCUT2D eigenvalue weighted by Gasteiger charge is -2.38. The van der Waals surface area contributed by atoms with Gasteiger partial charge < -0.3 is 14.8 Å². The Bertz CT molecular complexity index is 1140. The van der Waals surface area contributed by atoms with Gasteiger partial charge in [0.15, 0.2) is 5.60 Å². The molecule has 31 heavy (non-hydrogen) atoms. The van der Waals surface area contributed by atoms with Gasteiger partial charge in [-0.1, -0.05) is 26.0 Å². The first kappa shape index (κ1) is 22.7. The molecule has 1 heterocycles. The molecule has 0 spiro atoms. The van der Waals surface area contributed by atoms with Gasteiger partial charge in [0.25, 0.3) is 0 Å². The zero-order valence-electron chi connectivity index (χ0n) is 17.9. The Kier molecular flexibility index (Phi) is 5.81. The molecular formula is C24H25F3N2O2. The fraction of sp³-hybridized carbons (Fsp3) is 0.375. The highest BCUT2D eigenvalue weighted by Gasteiger charge is 2.56. The first-order valence-electron chi connectivity index (χ1n) is 9.84. The molecule has 0 aliphatic heterocycles. The summed E-state index contributed by atoms with van der Waals surface area (Å²) in [5.74, 6) is 0.542. The van der Waals surface area contributed by atoms with Crippen LogP contribution in [0.4, 0.5) is 13.2 Å². The monoisotopic (exact) mass is 430 g/mol. The fourth-order valence-corrected chi connectivity index (χ4v) is 4.09. The van der Waals surface area contributed by atoms with Crippen molar-refractivity contribution in [2.24, 2.45) is 0 Å². The Hall–Kier alpha value is -2.98. The number of nitrogens with one attached hydrogen (secondary N) is 1. The molecule has 164 valence electrons. The van der Waals surface area contributed by atoms with E-state index in [9.17, 15) is 18.3 Å². The molecule has 0 fully saturated rings. The minimum absolute atomic E-state index is 0.259. The van der Waals surface area contributed by atoms with Crippen LogP contribution in [0.3, 0.4) is 0 Å². The lowest BCUT2D eigenvalue weighted by molar-refractivity contribution is -0.266. The van der Waals surface area contributed by atoms with E-state index in [2.05, 4.69) is 4.98 Å². The average molecular weight is 430 g/mol. The third kappa shape index (κ3) is 4.54. The molecule has 0 aliphatic carbocycles. The number of nitriles is 1. The summed E-state index contributed by atoms with van der Waals surface area (Å²) in [7, 11) is 1.49. The van der Waals surface area contributed by atoms with Crippen LogP contribution in [-0.4, -0.2) is 29.0 Å². The van der Waals surface area contributed by atoms with Crippen LogP contribution in [0.1, 0.15) is 42.7 Å². The number of aryl methyl sites for hydroxylation is 1. The van der Waals surface area contributed by atoms with Crippen LogP contribution in [0.5, 0.6) is 5.75 Å². The van der Waals surface area contributed by atoms with E-state index in [0.717, 1.165) is 10.9 Å². The van der Waals surface area contributed by atoms with Crippen molar-refractivity contribution in [3.8, 4) is 11.8 Å². The fourth-order valence-electron chi connectivity index (χ4n) is 4.09. The molecule has 0 saturated carbocycles. The minimum Gasteiger partial charge on any atom is -0.497 e. The largest absolute Gasteiger partial charge is 0.497 e. The zero-order chi connectivity index (χ0) is 23.0. The van der Waals surface area contributed by atoms with Gasteiger partial charge in [0, 0.05) is 23.0 Å². The number of halogens is 3. The molecule has 1 aromatic heterocycles. The lowest BCUT2D eigenvalue weighted by atomic mass is 9.73. The summed E-state index contributed by atoms with van der Waals surface area (Å²) in [5.41, 5.74) is -1.26. The Morgan fingerprint density at radius 2 is 1.84 bits per heavy atom. The number of hydrogen-bond acceptors (Lipinski definition) is 3. The van der Waals surface area contributed by atoms with Crippen LogP contribution >= 0.6 is 0 Å². The summed E-state index contributed by atoms with van der Waals surface area (Å²) >= 11 is 0. The summed E-state index contributed by atoms with van der Waals surface area (Å²) in [6, 6.07) is 13.8. The van der Waals surface area contributed by atoms with E-state index in [4.69, 9.17) is 10.00 Å². The number of benzene rings is 2. The van der Waals surface area contributed by atoms with Gasteiger partial charge in [0.05, 0.1) is 18.7 Å². The summed E-state index contributed by atoms with van der Waals surface area (Å²) in [4.78, 5) is 2.95. The average Bonchev–Trinajstić information content (AvgIpc) is 3.09. The molecule has 2 aromatic carbocycles.